The molecule has 1 spiro atoms. The molecule has 0 aromatic heterocycles. The van der Waals surface area contributed by atoms with Crippen molar-refractivity contribution in [2.24, 2.45) is 39.9 Å². The lowest BCUT2D eigenvalue weighted by Crippen LogP contribution is -2.52. The van der Waals surface area contributed by atoms with E-state index in [0.29, 0.717) is 12.8 Å². The number of esters is 2. The SMILES string of the molecule is C=C1C[C@]23C[C@@]1([13CH3])CC[C@H]2[C@@]12CC[C@H](C(C)=O)[C@](C)(C(=O)O1)[C@H]2[C@@H]3C(=O)OC. The van der Waals surface area contributed by atoms with Gasteiger partial charge in [-0.15, -0.1) is 0 Å². The zero-order valence-electron chi connectivity index (χ0n) is 17.3. The van der Waals surface area contributed by atoms with Crippen LogP contribution in [0.2, 0.25) is 0 Å². The van der Waals surface area contributed by atoms with Gasteiger partial charge in [0.05, 0.1) is 18.4 Å². The Kier molecular flexibility index (Phi) is 3.34. The number of ketones is 1. The van der Waals surface area contributed by atoms with Gasteiger partial charge in [0.2, 0.25) is 0 Å². The maximum absolute atomic E-state index is 13.3. The molecule has 5 fully saturated rings. The predicted octanol–water partition coefficient (Wildman–Crippen LogP) is 3.46. The molecule has 5 aliphatic rings. The van der Waals surface area contributed by atoms with E-state index in [2.05, 4.69) is 13.5 Å². The first-order valence-electron chi connectivity index (χ1n) is 10.6. The Balaban J connectivity index is 1.75. The number of methoxy groups -OCH3 is 1. The maximum Gasteiger partial charge on any atom is 0.313 e. The molecule has 0 amide bonds. The number of ether oxygens (including phenoxy) is 2. The molecule has 1 heterocycles. The van der Waals surface area contributed by atoms with Gasteiger partial charge in [0.25, 0.3) is 0 Å². The van der Waals surface area contributed by atoms with E-state index in [9.17, 15) is 14.4 Å². The van der Waals surface area contributed by atoms with Crippen LogP contribution < -0.4 is 0 Å². The lowest BCUT2D eigenvalue weighted by Gasteiger charge is -2.46. The van der Waals surface area contributed by atoms with Gasteiger partial charge in [-0.2, -0.15) is 0 Å². The van der Waals surface area contributed by atoms with Crippen molar-refractivity contribution < 1.29 is 23.9 Å². The predicted molar refractivity (Wildman–Crippen MR) is 101 cm³/mol. The molecule has 1 aliphatic heterocycles. The summed E-state index contributed by atoms with van der Waals surface area (Å²) in [6.07, 6.45) is 4.99. The lowest BCUT2D eigenvalue weighted by molar-refractivity contribution is -0.163. The topological polar surface area (TPSA) is 69.7 Å². The first kappa shape index (κ1) is 18.4. The minimum atomic E-state index is -0.949. The van der Waals surface area contributed by atoms with E-state index in [-0.39, 0.29) is 46.3 Å². The summed E-state index contributed by atoms with van der Waals surface area (Å²) in [5.41, 5.74) is -0.598. The average molecular weight is 387 g/mol. The highest BCUT2D eigenvalue weighted by Gasteiger charge is 2.84. The Bertz CT molecular complexity index is 831. The zero-order valence-corrected chi connectivity index (χ0v) is 17.3. The Labute approximate surface area is 166 Å². The van der Waals surface area contributed by atoms with Crippen LogP contribution in [-0.2, 0) is 23.9 Å². The van der Waals surface area contributed by atoms with E-state index in [1.54, 1.807) is 6.92 Å². The van der Waals surface area contributed by atoms with E-state index in [1.807, 2.05) is 6.92 Å². The summed E-state index contributed by atoms with van der Waals surface area (Å²) >= 11 is 0. The van der Waals surface area contributed by atoms with Crippen molar-refractivity contribution in [2.75, 3.05) is 7.11 Å². The van der Waals surface area contributed by atoms with Crippen LogP contribution in [0.3, 0.4) is 0 Å². The van der Waals surface area contributed by atoms with Crippen LogP contribution in [0.15, 0.2) is 12.2 Å². The normalized spacial score (nSPS) is 53.4. The van der Waals surface area contributed by atoms with Crippen molar-refractivity contribution in [1.29, 1.82) is 0 Å². The van der Waals surface area contributed by atoms with Crippen molar-refractivity contribution in [1.82, 2.24) is 0 Å². The zero-order chi connectivity index (χ0) is 20.3. The number of Topliss-reactive ketones (excluding diaryl/α,β-unsaturated/α-hetero) is 1. The van der Waals surface area contributed by atoms with Gasteiger partial charge in [-0.25, -0.2) is 0 Å². The molecule has 28 heavy (non-hydrogen) atoms. The molecule has 4 saturated carbocycles. The van der Waals surface area contributed by atoms with Crippen LogP contribution in [0.1, 0.15) is 59.3 Å². The van der Waals surface area contributed by atoms with Gasteiger partial charge in [-0.3, -0.25) is 14.4 Å². The van der Waals surface area contributed by atoms with E-state index in [4.69, 9.17) is 9.47 Å². The molecule has 1 saturated heterocycles. The number of allylic oxidation sites excluding steroid dienone is 1. The van der Waals surface area contributed by atoms with Crippen molar-refractivity contribution >= 4 is 17.7 Å². The minimum Gasteiger partial charge on any atom is -0.469 e. The van der Waals surface area contributed by atoms with Gasteiger partial charge in [0, 0.05) is 17.8 Å². The van der Waals surface area contributed by atoms with Crippen molar-refractivity contribution in [3.05, 3.63) is 12.2 Å². The fourth-order valence-electron chi connectivity index (χ4n) is 8.72. The monoisotopic (exact) mass is 387 g/mol. The molecule has 4 aliphatic carbocycles. The van der Waals surface area contributed by atoms with Crippen molar-refractivity contribution in [3.63, 3.8) is 0 Å². The van der Waals surface area contributed by atoms with Crippen LogP contribution in [-0.4, -0.2) is 30.4 Å². The summed E-state index contributed by atoms with van der Waals surface area (Å²) in [6, 6.07) is 0. The Hall–Kier alpha value is -1.65. The Morgan fingerprint density at radius 3 is 2.57 bits per heavy atom. The summed E-state index contributed by atoms with van der Waals surface area (Å²) in [5, 5.41) is 0. The minimum absolute atomic E-state index is 0.0200. The van der Waals surface area contributed by atoms with Crippen LogP contribution >= 0.6 is 0 Å². The largest absolute Gasteiger partial charge is 0.469 e. The van der Waals surface area contributed by atoms with Crippen molar-refractivity contribution in [3.8, 4) is 0 Å². The summed E-state index contributed by atoms with van der Waals surface area (Å²) in [6.45, 7) is 10.1. The third kappa shape index (κ3) is 1.70. The number of hydrogen-bond acceptors (Lipinski definition) is 5. The number of rotatable bonds is 2. The smallest absolute Gasteiger partial charge is 0.313 e. The first-order chi connectivity index (χ1) is 13.1. The van der Waals surface area contributed by atoms with Gasteiger partial charge < -0.3 is 9.47 Å². The van der Waals surface area contributed by atoms with Crippen LogP contribution in [0.25, 0.3) is 0 Å². The quantitative estimate of drug-likeness (QED) is 0.412. The number of fused-ring (bicyclic) bond motifs is 1. The van der Waals surface area contributed by atoms with Crippen LogP contribution in [0.5, 0.6) is 0 Å². The Morgan fingerprint density at radius 2 is 1.93 bits per heavy atom. The molecule has 0 N–H and O–H groups in total. The van der Waals surface area contributed by atoms with Gasteiger partial charge in [0.15, 0.2) is 0 Å². The molecule has 4 bridgehead atoms. The highest BCUT2D eigenvalue weighted by Crippen LogP contribution is 2.80. The second-order valence-corrected chi connectivity index (χ2v) is 10.6. The van der Waals surface area contributed by atoms with Gasteiger partial charge in [-0.1, -0.05) is 19.1 Å². The molecule has 8 atom stereocenters. The lowest BCUT2D eigenvalue weighted by atomic mass is 9.55. The van der Waals surface area contributed by atoms with Gasteiger partial charge in [-0.05, 0) is 63.2 Å². The second-order valence-electron chi connectivity index (χ2n) is 10.6. The van der Waals surface area contributed by atoms with Gasteiger partial charge >= 0.3 is 11.9 Å². The fourth-order valence-corrected chi connectivity index (χ4v) is 8.72. The third-order valence-electron chi connectivity index (χ3n) is 9.73. The Morgan fingerprint density at radius 1 is 1.21 bits per heavy atom. The number of carbonyl (C=O) groups excluding carboxylic acids is 3. The van der Waals surface area contributed by atoms with E-state index in [0.717, 1.165) is 25.7 Å². The fraction of sp³-hybridized carbons (Fsp3) is 0.783. The maximum atomic E-state index is 13.3. The number of hydrogen-bond donors (Lipinski definition) is 0. The standard InChI is InChI=1S/C23H30O5/c1-12-10-22-11-20(12,3)8-7-15(22)23-9-6-14(13(2)24)21(4,19(26)28-23)17(23)16(22)18(25)27-5/h14-17H,1,6-11H2,2-5H3/t14-,15-,16-,17-,20-,21+,22+,23-/m1/s1/i3+1. The molecule has 5 nitrogen and oxygen atoms in total. The highest BCUT2D eigenvalue weighted by atomic mass is 16.6. The van der Waals surface area contributed by atoms with Crippen LogP contribution in [0, 0.1) is 39.9 Å². The summed E-state index contributed by atoms with van der Waals surface area (Å²) in [7, 11) is 1.43. The van der Waals surface area contributed by atoms with Gasteiger partial charge in [0.1, 0.15) is 11.4 Å². The van der Waals surface area contributed by atoms with Crippen molar-refractivity contribution in [2.45, 2.75) is 64.9 Å². The van der Waals surface area contributed by atoms with E-state index in [1.165, 1.54) is 12.7 Å². The van der Waals surface area contributed by atoms with E-state index < -0.39 is 16.9 Å². The molecule has 0 radical (unpaired) electrons. The molecule has 5 rings (SSSR count). The molecular formula is C23H30O5. The molecule has 5 heteroatoms. The summed E-state index contributed by atoms with van der Waals surface area (Å²) < 4.78 is 11.6. The van der Waals surface area contributed by atoms with Crippen LogP contribution in [0.4, 0.5) is 0 Å². The average Bonchev–Trinajstić information content (AvgIpc) is 3.03. The summed E-state index contributed by atoms with van der Waals surface area (Å²) in [4.78, 5) is 39.0. The number of carbonyl (C=O) groups is 3. The van der Waals surface area contributed by atoms with E-state index >= 15 is 0 Å². The molecule has 0 aromatic rings. The molecule has 152 valence electrons. The molecule has 0 unspecified atom stereocenters. The third-order valence-corrected chi connectivity index (χ3v) is 9.73. The first-order valence-corrected chi connectivity index (χ1v) is 10.6. The molecule has 0 aromatic carbocycles. The second kappa shape index (κ2) is 5.09. The molecular weight excluding hydrogens is 357 g/mol. The summed E-state index contributed by atoms with van der Waals surface area (Å²) in [5.74, 6) is -1.47. The highest BCUT2D eigenvalue weighted by molar-refractivity contribution is 5.92.